The molecule has 0 aromatic heterocycles. The zero-order valence-electron chi connectivity index (χ0n) is 12.8. The van der Waals surface area contributed by atoms with Crippen molar-refractivity contribution in [3.63, 3.8) is 0 Å². The Morgan fingerprint density at radius 2 is 1.86 bits per heavy atom. The summed E-state index contributed by atoms with van der Waals surface area (Å²) in [6, 6.07) is 7.45. The Kier molecular flexibility index (Phi) is 6.72. The molecule has 0 aliphatic rings. The topological polar surface area (TPSA) is 66.8 Å². The number of benzene rings is 1. The van der Waals surface area contributed by atoms with Gasteiger partial charge in [-0.25, -0.2) is 0 Å². The van der Waals surface area contributed by atoms with Crippen LogP contribution in [-0.4, -0.2) is 41.6 Å². The summed E-state index contributed by atoms with van der Waals surface area (Å²) in [7, 11) is 1.60. The molecular formula is C16H23NO4. The first-order valence-corrected chi connectivity index (χ1v) is 7.08. The SMILES string of the molecule is COc1ccc(CC(=O)N(CCCC(=O)O)C(C)C)cc1. The van der Waals surface area contributed by atoms with Gasteiger partial charge in [-0.3, -0.25) is 9.59 Å². The number of carboxylic acid groups (broad SMARTS) is 1. The van der Waals surface area contributed by atoms with Crippen LogP contribution in [0, 0.1) is 0 Å². The minimum atomic E-state index is -0.832. The number of hydrogen-bond acceptors (Lipinski definition) is 3. The molecule has 5 nitrogen and oxygen atoms in total. The van der Waals surface area contributed by atoms with E-state index >= 15 is 0 Å². The van der Waals surface area contributed by atoms with E-state index in [2.05, 4.69) is 0 Å². The van der Waals surface area contributed by atoms with Crippen molar-refractivity contribution in [2.45, 2.75) is 39.2 Å². The molecule has 0 aliphatic heterocycles. The Labute approximate surface area is 125 Å². The average Bonchev–Trinajstić information content (AvgIpc) is 2.43. The monoisotopic (exact) mass is 293 g/mol. The molecule has 0 heterocycles. The number of rotatable bonds is 8. The fraction of sp³-hybridized carbons (Fsp3) is 0.500. The minimum Gasteiger partial charge on any atom is -0.497 e. The fourth-order valence-electron chi connectivity index (χ4n) is 2.09. The van der Waals surface area contributed by atoms with Crippen LogP contribution in [0.5, 0.6) is 5.75 Å². The molecule has 21 heavy (non-hydrogen) atoms. The van der Waals surface area contributed by atoms with Crippen LogP contribution in [0.3, 0.4) is 0 Å². The number of carbonyl (C=O) groups is 2. The molecule has 0 aliphatic carbocycles. The van der Waals surface area contributed by atoms with Gasteiger partial charge in [-0.05, 0) is 38.0 Å². The highest BCUT2D eigenvalue weighted by molar-refractivity contribution is 5.79. The quantitative estimate of drug-likeness (QED) is 0.799. The molecule has 116 valence electrons. The van der Waals surface area contributed by atoms with E-state index in [4.69, 9.17) is 9.84 Å². The van der Waals surface area contributed by atoms with Gasteiger partial charge in [0.1, 0.15) is 5.75 Å². The van der Waals surface area contributed by atoms with Gasteiger partial charge in [-0.15, -0.1) is 0 Å². The maximum Gasteiger partial charge on any atom is 0.303 e. The van der Waals surface area contributed by atoms with E-state index in [1.165, 1.54) is 0 Å². The van der Waals surface area contributed by atoms with Crippen molar-refractivity contribution in [3.05, 3.63) is 29.8 Å². The van der Waals surface area contributed by atoms with E-state index in [9.17, 15) is 9.59 Å². The summed E-state index contributed by atoms with van der Waals surface area (Å²) >= 11 is 0. The molecule has 0 saturated heterocycles. The molecule has 5 heteroatoms. The first-order chi connectivity index (χ1) is 9.93. The van der Waals surface area contributed by atoms with Crippen molar-refractivity contribution in [1.29, 1.82) is 0 Å². The van der Waals surface area contributed by atoms with Gasteiger partial charge in [-0.2, -0.15) is 0 Å². The number of amides is 1. The van der Waals surface area contributed by atoms with Crippen molar-refractivity contribution < 1.29 is 19.4 Å². The average molecular weight is 293 g/mol. The highest BCUT2D eigenvalue weighted by Crippen LogP contribution is 2.13. The molecule has 0 spiro atoms. The lowest BCUT2D eigenvalue weighted by Gasteiger charge is -2.26. The van der Waals surface area contributed by atoms with Crippen LogP contribution >= 0.6 is 0 Å². The maximum atomic E-state index is 12.3. The molecule has 1 N–H and O–H groups in total. The second-order valence-electron chi connectivity index (χ2n) is 5.20. The van der Waals surface area contributed by atoms with Crippen LogP contribution in [0.2, 0.25) is 0 Å². The summed E-state index contributed by atoms with van der Waals surface area (Å²) in [5.41, 5.74) is 0.921. The molecule has 0 atom stereocenters. The minimum absolute atomic E-state index is 0.0144. The van der Waals surface area contributed by atoms with Crippen LogP contribution in [0.25, 0.3) is 0 Å². The van der Waals surface area contributed by atoms with Crippen molar-refractivity contribution in [3.8, 4) is 5.75 Å². The molecule has 1 aromatic rings. The third-order valence-electron chi connectivity index (χ3n) is 3.25. The number of hydrogen-bond donors (Lipinski definition) is 1. The summed E-state index contributed by atoms with van der Waals surface area (Å²) < 4.78 is 5.08. The number of nitrogens with zero attached hydrogens (tertiary/aromatic N) is 1. The smallest absolute Gasteiger partial charge is 0.303 e. The van der Waals surface area contributed by atoms with E-state index in [0.29, 0.717) is 19.4 Å². The lowest BCUT2D eigenvalue weighted by molar-refractivity contribution is -0.138. The lowest BCUT2D eigenvalue weighted by Crippen LogP contribution is -2.38. The van der Waals surface area contributed by atoms with Gasteiger partial charge in [0.05, 0.1) is 13.5 Å². The van der Waals surface area contributed by atoms with Crippen molar-refractivity contribution in [2.75, 3.05) is 13.7 Å². The molecular weight excluding hydrogens is 270 g/mol. The summed E-state index contributed by atoms with van der Waals surface area (Å²) in [6.07, 6.45) is 0.871. The highest BCUT2D eigenvalue weighted by Gasteiger charge is 2.17. The van der Waals surface area contributed by atoms with Gasteiger partial charge in [-0.1, -0.05) is 12.1 Å². The largest absolute Gasteiger partial charge is 0.497 e. The van der Waals surface area contributed by atoms with E-state index in [-0.39, 0.29) is 18.4 Å². The van der Waals surface area contributed by atoms with Crippen LogP contribution in [0.15, 0.2) is 24.3 Å². The Hall–Kier alpha value is -2.04. The molecule has 0 unspecified atom stereocenters. The van der Waals surface area contributed by atoms with Crippen LogP contribution < -0.4 is 4.74 Å². The van der Waals surface area contributed by atoms with Crippen molar-refractivity contribution >= 4 is 11.9 Å². The summed E-state index contributed by atoms with van der Waals surface area (Å²) in [4.78, 5) is 24.6. The molecule has 0 fully saturated rings. The van der Waals surface area contributed by atoms with E-state index in [1.54, 1.807) is 12.0 Å². The van der Waals surface area contributed by atoms with Crippen LogP contribution in [0.4, 0.5) is 0 Å². The second-order valence-corrected chi connectivity index (χ2v) is 5.20. The number of ether oxygens (including phenoxy) is 1. The summed E-state index contributed by atoms with van der Waals surface area (Å²) in [5.74, 6) is -0.0600. The lowest BCUT2D eigenvalue weighted by atomic mass is 10.1. The third-order valence-corrected chi connectivity index (χ3v) is 3.25. The van der Waals surface area contributed by atoms with E-state index in [0.717, 1.165) is 11.3 Å². The zero-order chi connectivity index (χ0) is 15.8. The van der Waals surface area contributed by atoms with Gasteiger partial charge in [0, 0.05) is 19.0 Å². The Morgan fingerprint density at radius 1 is 1.24 bits per heavy atom. The van der Waals surface area contributed by atoms with Crippen LogP contribution in [-0.2, 0) is 16.0 Å². The maximum absolute atomic E-state index is 12.3. The van der Waals surface area contributed by atoms with Gasteiger partial charge in [0.25, 0.3) is 0 Å². The second kappa shape index (κ2) is 8.29. The molecule has 1 aromatic carbocycles. The number of carboxylic acids is 1. The van der Waals surface area contributed by atoms with Crippen molar-refractivity contribution in [2.24, 2.45) is 0 Å². The molecule has 0 radical (unpaired) electrons. The van der Waals surface area contributed by atoms with Gasteiger partial charge in [0.15, 0.2) is 0 Å². The fourth-order valence-corrected chi connectivity index (χ4v) is 2.09. The number of methoxy groups -OCH3 is 1. The number of aliphatic carboxylic acids is 1. The third kappa shape index (κ3) is 5.85. The normalized spacial score (nSPS) is 10.5. The Morgan fingerprint density at radius 3 is 2.33 bits per heavy atom. The van der Waals surface area contributed by atoms with E-state index < -0.39 is 5.97 Å². The van der Waals surface area contributed by atoms with Gasteiger partial charge < -0.3 is 14.7 Å². The van der Waals surface area contributed by atoms with Crippen LogP contribution in [0.1, 0.15) is 32.3 Å². The zero-order valence-corrected chi connectivity index (χ0v) is 12.8. The summed E-state index contributed by atoms with van der Waals surface area (Å²) in [6.45, 7) is 4.35. The van der Waals surface area contributed by atoms with E-state index in [1.807, 2.05) is 38.1 Å². The molecule has 0 bridgehead atoms. The standard InChI is InChI=1S/C16H23NO4/c1-12(2)17(10-4-5-16(19)20)15(18)11-13-6-8-14(21-3)9-7-13/h6-9,12H,4-5,10-11H2,1-3H3,(H,19,20). The van der Waals surface area contributed by atoms with Gasteiger partial charge >= 0.3 is 5.97 Å². The Bertz CT molecular complexity index is 468. The van der Waals surface area contributed by atoms with Gasteiger partial charge in [0.2, 0.25) is 5.91 Å². The predicted octanol–water partition coefficient (Wildman–Crippen LogP) is 2.34. The predicted molar refractivity (Wildman–Crippen MR) is 80.4 cm³/mol. The first kappa shape index (κ1) is 17.0. The summed E-state index contributed by atoms with van der Waals surface area (Å²) in [5, 5.41) is 8.67. The molecule has 1 rings (SSSR count). The Balaban J connectivity index is 2.60. The number of carbonyl (C=O) groups excluding carboxylic acids is 1. The molecule has 1 amide bonds. The van der Waals surface area contributed by atoms with Crippen molar-refractivity contribution in [1.82, 2.24) is 4.90 Å². The first-order valence-electron chi connectivity index (χ1n) is 7.08. The highest BCUT2D eigenvalue weighted by atomic mass is 16.5. The molecule has 0 saturated carbocycles.